The Morgan fingerprint density at radius 2 is 0.938 bits per heavy atom. The molecule has 0 aromatic heterocycles. The Kier molecular flexibility index (Phi) is 10.6. The molecule has 0 aromatic carbocycles. The van der Waals surface area contributed by atoms with E-state index in [2.05, 4.69) is 27.0 Å². The lowest BCUT2D eigenvalue weighted by Crippen LogP contribution is -1.84. The first kappa shape index (κ1) is 15.5. The first-order chi connectivity index (χ1) is 7.70. The van der Waals surface area contributed by atoms with Crippen LogP contribution in [0.4, 0.5) is 0 Å². The van der Waals surface area contributed by atoms with Crippen LogP contribution in [0.25, 0.3) is 0 Å². The van der Waals surface area contributed by atoms with Crippen molar-refractivity contribution in [3.63, 3.8) is 0 Å². The Balaban J connectivity index is 3.10. The third-order valence-corrected chi connectivity index (χ3v) is 3.31. The van der Waals surface area contributed by atoms with Crippen LogP contribution in [-0.4, -0.2) is 0 Å². The second-order valence-corrected chi connectivity index (χ2v) is 4.83. The monoisotopic (exact) mass is 222 g/mol. The Labute approximate surface area is 103 Å². The van der Waals surface area contributed by atoms with Crippen LogP contribution in [0.15, 0.2) is 24.3 Å². The highest BCUT2D eigenvalue weighted by Crippen LogP contribution is 2.14. The Morgan fingerprint density at radius 1 is 0.625 bits per heavy atom. The van der Waals surface area contributed by atoms with Crippen LogP contribution in [0.2, 0.25) is 0 Å². The van der Waals surface area contributed by atoms with Crippen LogP contribution < -0.4 is 0 Å². The molecule has 0 heterocycles. The maximum absolute atomic E-state index is 4.04. The fourth-order valence-electron chi connectivity index (χ4n) is 1.81. The van der Waals surface area contributed by atoms with Crippen LogP contribution in [-0.2, 0) is 0 Å². The summed E-state index contributed by atoms with van der Waals surface area (Å²) in [6.07, 6.45) is 13.0. The molecule has 94 valence electrons. The minimum atomic E-state index is 1.15. The summed E-state index contributed by atoms with van der Waals surface area (Å²) < 4.78 is 0. The van der Waals surface area contributed by atoms with Gasteiger partial charge in [-0.05, 0) is 38.5 Å². The summed E-state index contributed by atoms with van der Waals surface area (Å²) in [4.78, 5) is 0. The molecule has 0 bridgehead atoms. The lowest BCUT2D eigenvalue weighted by molar-refractivity contribution is 0.588. The highest BCUT2D eigenvalue weighted by atomic mass is 14.0. The zero-order chi connectivity index (χ0) is 12.2. The van der Waals surface area contributed by atoms with Gasteiger partial charge < -0.3 is 0 Å². The van der Waals surface area contributed by atoms with Crippen molar-refractivity contribution in [3.05, 3.63) is 24.3 Å². The van der Waals surface area contributed by atoms with Crippen LogP contribution in [0, 0.1) is 0 Å². The third kappa shape index (κ3) is 10.0. The molecular formula is C16H30. The maximum atomic E-state index is 4.04. The summed E-state index contributed by atoms with van der Waals surface area (Å²) >= 11 is 0. The topological polar surface area (TPSA) is 0 Å². The largest absolute Gasteiger partial charge is 0.0999 e. The smallest absolute Gasteiger partial charge is 0.0323 e. The minimum Gasteiger partial charge on any atom is -0.0999 e. The van der Waals surface area contributed by atoms with Crippen molar-refractivity contribution in [2.75, 3.05) is 0 Å². The van der Waals surface area contributed by atoms with Crippen molar-refractivity contribution in [2.45, 2.75) is 78.1 Å². The Morgan fingerprint density at radius 3 is 1.25 bits per heavy atom. The third-order valence-electron chi connectivity index (χ3n) is 3.31. The molecule has 0 aromatic rings. The summed E-state index contributed by atoms with van der Waals surface area (Å²) in [5.74, 6) is 0. The van der Waals surface area contributed by atoms with Gasteiger partial charge in [0.15, 0.2) is 0 Å². The predicted molar refractivity (Wildman–Crippen MR) is 75.8 cm³/mol. The molecule has 0 aliphatic heterocycles. The molecule has 0 heteroatoms. The van der Waals surface area contributed by atoms with Crippen LogP contribution in [0.3, 0.4) is 0 Å². The fraction of sp³-hybridized carbons (Fsp3) is 0.750. The zero-order valence-corrected chi connectivity index (χ0v) is 11.5. The molecule has 16 heavy (non-hydrogen) atoms. The van der Waals surface area contributed by atoms with E-state index in [1.807, 2.05) is 0 Å². The standard InChI is InChI=1S/C16H30/c1-5-15(3)13-11-9-7-8-10-12-14-16(4)6-2/h3-14H2,1-2H3. The molecule has 0 rings (SSSR count). The molecule has 0 N–H and O–H groups in total. The molecule has 0 fully saturated rings. The molecule has 0 atom stereocenters. The van der Waals surface area contributed by atoms with E-state index in [0.717, 1.165) is 12.8 Å². The molecule has 0 amide bonds. The van der Waals surface area contributed by atoms with Crippen molar-refractivity contribution in [2.24, 2.45) is 0 Å². The maximum Gasteiger partial charge on any atom is -0.0323 e. The summed E-state index contributed by atoms with van der Waals surface area (Å²) in [5.41, 5.74) is 2.83. The van der Waals surface area contributed by atoms with Crippen molar-refractivity contribution >= 4 is 0 Å². The lowest BCUT2D eigenvalue weighted by Gasteiger charge is -2.04. The molecule has 0 aliphatic carbocycles. The highest BCUT2D eigenvalue weighted by molar-refractivity contribution is 4.92. The molecular weight excluding hydrogens is 192 g/mol. The predicted octanol–water partition coefficient (Wildman–Crippen LogP) is 6.04. The van der Waals surface area contributed by atoms with Gasteiger partial charge in [-0.3, -0.25) is 0 Å². The molecule has 0 nitrogen and oxygen atoms in total. The molecule has 0 radical (unpaired) electrons. The average molecular weight is 222 g/mol. The van der Waals surface area contributed by atoms with Crippen molar-refractivity contribution in [3.8, 4) is 0 Å². The van der Waals surface area contributed by atoms with Crippen molar-refractivity contribution in [1.82, 2.24) is 0 Å². The van der Waals surface area contributed by atoms with Gasteiger partial charge in [-0.15, -0.1) is 0 Å². The van der Waals surface area contributed by atoms with Gasteiger partial charge in [-0.25, -0.2) is 0 Å². The number of unbranched alkanes of at least 4 members (excludes halogenated alkanes) is 5. The average Bonchev–Trinajstić information content (AvgIpc) is 2.31. The first-order valence-corrected chi connectivity index (χ1v) is 7.04. The van der Waals surface area contributed by atoms with Gasteiger partial charge in [0.2, 0.25) is 0 Å². The van der Waals surface area contributed by atoms with Crippen LogP contribution in [0.5, 0.6) is 0 Å². The summed E-state index contributed by atoms with van der Waals surface area (Å²) in [6.45, 7) is 12.5. The first-order valence-electron chi connectivity index (χ1n) is 7.04. The fourth-order valence-corrected chi connectivity index (χ4v) is 1.81. The van der Waals surface area contributed by atoms with Gasteiger partial charge in [-0.2, -0.15) is 0 Å². The van der Waals surface area contributed by atoms with E-state index in [-0.39, 0.29) is 0 Å². The molecule has 0 saturated heterocycles. The molecule has 0 spiro atoms. The second-order valence-electron chi connectivity index (χ2n) is 4.83. The summed E-state index contributed by atoms with van der Waals surface area (Å²) in [7, 11) is 0. The normalized spacial score (nSPS) is 10.4. The highest BCUT2D eigenvalue weighted by Gasteiger charge is 1.95. The van der Waals surface area contributed by atoms with Gasteiger partial charge in [0, 0.05) is 0 Å². The zero-order valence-electron chi connectivity index (χ0n) is 11.5. The van der Waals surface area contributed by atoms with E-state index in [0.29, 0.717) is 0 Å². The van der Waals surface area contributed by atoms with Crippen molar-refractivity contribution < 1.29 is 0 Å². The lowest BCUT2D eigenvalue weighted by atomic mass is 10.0. The number of hydrogen-bond donors (Lipinski definition) is 0. The Hall–Kier alpha value is -0.520. The number of hydrogen-bond acceptors (Lipinski definition) is 0. The van der Waals surface area contributed by atoms with E-state index < -0.39 is 0 Å². The SMILES string of the molecule is C=C(CC)CCCCCCCCC(=C)CC. The van der Waals surface area contributed by atoms with Crippen LogP contribution >= 0.6 is 0 Å². The minimum absolute atomic E-state index is 1.15. The number of rotatable bonds is 11. The van der Waals surface area contributed by atoms with Gasteiger partial charge in [-0.1, -0.05) is 63.8 Å². The number of allylic oxidation sites excluding steroid dienone is 2. The molecule has 0 saturated carbocycles. The van der Waals surface area contributed by atoms with Gasteiger partial charge >= 0.3 is 0 Å². The van der Waals surface area contributed by atoms with E-state index in [1.165, 1.54) is 62.5 Å². The quantitative estimate of drug-likeness (QED) is 0.295. The van der Waals surface area contributed by atoms with E-state index >= 15 is 0 Å². The second kappa shape index (κ2) is 11.0. The Bertz CT molecular complexity index is 166. The molecule has 0 aliphatic rings. The summed E-state index contributed by atoms with van der Waals surface area (Å²) in [5, 5.41) is 0. The van der Waals surface area contributed by atoms with E-state index in [9.17, 15) is 0 Å². The van der Waals surface area contributed by atoms with E-state index in [1.54, 1.807) is 0 Å². The van der Waals surface area contributed by atoms with Crippen molar-refractivity contribution in [1.29, 1.82) is 0 Å². The van der Waals surface area contributed by atoms with Gasteiger partial charge in [0.05, 0.1) is 0 Å². The van der Waals surface area contributed by atoms with Gasteiger partial charge in [0.25, 0.3) is 0 Å². The van der Waals surface area contributed by atoms with Crippen LogP contribution in [0.1, 0.15) is 78.1 Å². The van der Waals surface area contributed by atoms with E-state index in [4.69, 9.17) is 0 Å². The summed E-state index contributed by atoms with van der Waals surface area (Å²) in [6, 6.07) is 0. The van der Waals surface area contributed by atoms with Gasteiger partial charge in [0.1, 0.15) is 0 Å². The molecule has 0 unspecified atom stereocenters.